The Labute approximate surface area is 132 Å². The molecule has 0 aromatic heterocycles. The molecular weight excluding hydrogens is 293 g/mol. The number of hydrogen-bond donors (Lipinski definition) is 1. The standard InChI is InChI=1S/C16H25Cl2NO/c1-5-16(6-2,20-7-3)15(19-4)11-12-8-9-13(17)14(18)10-12/h8-10,15,19H,5-7,11H2,1-4H3. The molecule has 2 nitrogen and oxygen atoms in total. The summed E-state index contributed by atoms with van der Waals surface area (Å²) in [4.78, 5) is 0. The highest BCUT2D eigenvalue weighted by Gasteiger charge is 2.35. The van der Waals surface area contributed by atoms with E-state index in [1.54, 1.807) is 0 Å². The van der Waals surface area contributed by atoms with Crippen molar-refractivity contribution >= 4 is 23.2 Å². The Balaban J connectivity index is 2.96. The highest BCUT2D eigenvalue weighted by Crippen LogP contribution is 2.29. The van der Waals surface area contributed by atoms with Crippen molar-refractivity contribution in [3.05, 3.63) is 33.8 Å². The molecule has 0 radical (unpaired) electrons. The maximum atomic E-state index is 6.10. The predicted octanol–water partition coefficient (Wildman–Crippen LogP) is 4.72. The second-order valence-electron chi connectivity index (χ2n) is 5.00. The lowest BCUT2D eigenvalue weighted by Crippen LogP contribution is -2.52. The molecule has 1 atom stereocenters. The van der Waals surface area contributed by atoms with Gasteiger partial charge in [-0.25, -0.2) is 0 Å². The van der Waals surface area contributed by atoms with Gasteiger partial charge in [0.25, 0.3) is 0 Å². The van der Waals surface area contributed by atoms with Crippen molar-refractivity contribution in [3.8, 4) is 0 Å². The van der Waals surface area contributed by atoms with E-state index < -0.39 is 0 Å². The van der Waals surface area contributed by atoms with E-state index in [9.17, 15) is 0 Å². The number of halogens is 2. The molecule has 0 bridgehead atoms. The van der Waals surface area contributed by atoms with Crippen molar-refractivity contribution in [1.82, 2.24) is 5.32 Å². The summed E-state index contributed by atoms with van der Waals surface area (Å²) in [6, 6.07) is 6.07. The molecular formula is C16H25Cl2NO. The van der Waals surface area contributed by atoms with Gasteiger partial charge in [-0.3, -0.25) is 0 Å². The lowest BCUT2D eigenvalue weighted by molar-refractivity contribution is -0.0703. The van der Waals surface area contributed by atoms with Crippen molar-refractivity contribution in [2.75, 3.05) is 13.7 Å². The van der Waals surface area contributed by atoms with Crippen LogP contribution >= 0.6 is 23.2 Å². The molecule has 0 saturated carbocycles. The highest BCUT2D eigenvalue weighted by atomic mass is 35.5. The van der Waals surface area contributed by atoms with Crippen molar-refractivity contribution < 1.29 is 4.74 Å². The summed E-state index contributed by atoms with van der Waals surface area (Å²) in [6.07, 6.45) is 2.82. The van der Waals surface area contributed by atoms with Crippen molar-refractivity contribution in [3.63, 3.8) is 0 Å². The maximum Gasteiger partial charge on any atom is 0.0832 e. The molecule has 0 amide bonds. The Morgan fingerprint density at radius 3 is 2.25 bits per heavy atom. The van der Waals surface area contributed by atoms with E-state index in [1.807, 2.05) is 32.2 Å². The number of rotatable bonds is 8. The van der Waals surface area contributed by atoms with Gasteiger partial charge in [0.05, 0.1) is 15.6 Å². The number of nitrogens with one attached hydrogen (secondary N) is 1. The SMILES string of the molecule is CCOC(CC)(CC)C(Cc1ccc(Cl)c(Cl)c1)NC. The van der Waals surface area contributed by atoms with E-state index in [0.29, 0.717) is 10.0 Å². The minimum atomic E-state index is -0.143. The first kappa shape index (κ1) is 17.8. The Bertz CT molecular complexity index is 419. The average Bonchev–Trinajstić information content (AvgIpc) is 2.46. The van der Waals surface area contributed by atoms with E-state index in [2.05, 4.69) is 19.2 Å². The van der Waals surface area contributed by atoms with Gasteiger partial charge in [-0.05, 0) is 50.9 Å². The van der Waals surface area contributed by atoms with E-state index >= 15 is 0 Å². The zero-order valence-corrected chi connectivity index (χ0v) is 14.3. The zero-order valence-electron chi connectivity index (χ0n) is 12.8. The first-order valence-electron chi connectivity index (χ1n) is 7.28. The predicted molar refractivity (Wildman–Crippen MR) is 88.0 cm³/mol. The second kappa shape index (κ2) is 8.23. The summed E-state index contributed by atoms with van der Waals surface area (Å²) in [7, 11) is 1.99. The minimum absolute atomic E-state index is 0.143. The first-order valence-corrected chi connectivity index (χ1v) is 8.03. The Morgan fingerprint density at radius 1 is 1.15 bits per heavy atom. The van der Waals surface area contributed by atoms with Crippen LogP contribution in [0, 0.1) is 0 Å². The van der Waals surface area contributed by atoms with Crippen LogP contribution in [-0.2, 0) is 11.2 Å². The molecule has 1 rings (SSSR count). The molecule has 0 saturated heterocycles. The number of ether oxygens (including phenoxy) is 1. The number of benzene rings is 1. The number of likely N-dealkylation sites (N-methyl/N-ethyl adjacent to an activating group) is 1. The summed E-state index contributed by atoms with van der Waals surface area (Å²) in [6.45, 7) is 7.13. The molecule has 4 heteroatoms. The summed E-state index contributed by atoms with van der Waals surface area (Å²) < 4.78 is 6.09. The molecule has 0 spiro atoms. The largest absolute Gasteiger partial charge is 0.374 e. The quantitative estimate of drug-likeness (QED) is 0.749. The Morgan fingerprint density at radius 2 is 1.80 bits per heavy atom. The summed E-state index contributed by atoms with van der Waals surface area (Å²) >= 11 is 12.1. The third-order valence-electron chi connectivity index (χ3n) is 4.04. The lowest BCUT2D eigenvalue weighted by atomic mass is 9.84. The molecule has 1 N–H and O–H groups in total. The van der Waals surface area contributed by atoms with E-state index in [1.165, 1.54) is 5.56 Å². The van der Waals surface area contributed by atoms with Gasteiger partial charge < -0.3 is 10.1 Å². The lowest BCUT2D eigenvalue weighted by Gasteiger charge is -2.39. The topological polar surface area (TPSA) is 21.3 Å². The van der Waals surface area contributed by atoms with Gasteiger partial charge in [0.1, 0.15) is 0 Å². The van der Waals surface area contributed by atoms with Gasteiger partial charge in [0, 0.05) is 12.6 Å². The van der Waals surface area contributed by atoms with Gasteiger partial charge in [-0.2, -0.15) is 0 Å². The van der Waals surface area contributed by atoms with Gasteiger partial charge >= 0.3 is 0 Å². The normalized spacial score (nSPS) is 13.5. The fourth-order valence-corrected chi connectivity index (χ4v) is 3.11. The molecule has 20 heavy (non-hydrogen) atoms. The van der Waals surface area contributed by atoms with Crippen LogP contribution in [0.5, 0.6) is 0 Å². The van der Waals surface area contributed by atoms with E-state index in [0.717, 1.165) is 25.9 Å². The van der Waals surface area contributed by atoms with Crippen molar-refractivity contribution in [1.29, 1.82) is 0 Å². The van der Waals surface area contributed by atoms with Crippen LogP contribution in [0.3, 0.4) is 0 Å². The van der Waals surface area contributed by atoms with Crippen LogP contribution < -0.4 is 5.32 Å². The van der Waals surface area contributed by atoms with Gasteiger partial charge in [0.2, 0.25) is 0 Å². The van der Waals surface area contributed by atoms with Crippen LogP contribution in [0.1, 0.15) is 39.2 Å². The molecule has 0 aliphatic rings. The van der Waals surface area contributed by atoms with Crippen molar-refractivity contribution in [2.24, 2.45) is 0 Å². The fourth-order valence-electron chi connectivity index (χ4n) is 2.79. The van der Waals surface area contributed by atoms with Crippen LogP contribution in [0.25, 0.3) is 0 Å². The fraction of sp³-hybridized carbons (Fsp3) is 0.625. The monoisotopic (exact) mass is 317 g/mol. The van der Waals surface area contributed by atoms with E-state index in [-0.39, 0.29) is 11.6 Å². The summed E-state index contributed by atoms with van der Waals surface area (Å²) in [5, 5.41) is 4.61. The Kier molecular flexibility index (Phi) is 7.32. The van der Waals surface area contributed by atoms with Crippen LogP contribution in [0.15, 0.2) is 18.2 Å². The Hall–Kier alpha value is -0.280. The zero-order chi connectivity index (χ0) is 15.2. The van der Waals surface area contributed by atoms with Gasteiger partial charge in [-0.15, -0.1) is 0 Å². The van der Waals surface area contributed by atoms with E-state index in [4.69, 9.17) is 27.9 Å². The maximum absolute atomic E-state index is 6.10. The van der Waals surface area contributed by atoms with Gasteiger partial charge in [-0.1, -0.05) is 43.1 Å². The molecule has 0 fully saturated rings. The van der Waals surface area contributed by atoms with Crippen LogP contribution in [0.4, 0.5) is 0 Å². The molecule has 1 unspecified atom stereocenters. The van der Waals surface area contributed by atoms with Crippen molar-refractivity contribution in [2.45, 2.75) is 51.7 Å². The highest BCUT2D eigenvalue weighted by molar-refractivity contribution is 6.42. The van der Waals surface area contributed by atoms with Crippen LogP contribution in [-0.4, -0.2) is 25.3 Å². The van der Waals surface area contributed by atoms with Crippen LogP contribution in [0.2, 0.25) is 10.0 Å². The molecule has 0 aliphatic heterocycles. The first-order chi connectivity index (χ1) is 9.52. The molecule has 0 aliphatic carbocycles. The third kappa shape index (κ3) is 4.11. The second-order valence-corrected chi connectivity index (χ2v) is 5.81. The summed E-state index contributed by atoms with van der Waals surface area (Å²) in [5.41, 5.74) is 1.03. The third-order valence-corrected chi connectivity index (χ3v) is 4.78. The van der Waals surface area contributed by atoms with Gasteiger partial charge in [0.15, 0.2) is 0 Å². The molecule has 1 aromatic rings. The average molecular weight is 318 g/mol. The molecule has 1 aromatic carbocycles. The minimum Gasteiger partial charge on any atom is -0.374 e. The molecule has 0 heterocycles. The summed E-state index contributed by atoms with van der Waals surface area (Å²) in [5.74, 6) is 0. The smallest absolute Gasteiger partial charge is 0.0832 e. The number of hydrogen-bond acceptors (Lipinski definition) is 2. The molecule has 114 valence electrons.